The number of esters is 1. The van der Waals surface area contributed by atoms with E-state index in [4.69, 9.17) is 4.74 Å². The number of rotatable bonds is 4. The van der Waals surface area contributed by atoms with Crippen LogP contribution in [0.1, 0.15) is 27.7 Å². The van der Waals surface area contributed by atoms with Crippen LogP contribution in [-0.4, -0.2) is 17.6 Å². The first-order valence-corrected chi connectivity index (χ1v) is 5.74. The minimum absolute atomic E-state index is 0.319. The summed E-state index contributed by atoms with van der Waals surface area (Å²) in [7, 11) is 0. The molecular formula is C13H18N2O3. The maximum atomic E-state index is 11.7. The number of nitrogens with one attached hydrogen (secondary N) is 1. The highest BCUT2D eigenvalue weighted by Crippen LogP contribution is 2.17. The molecule has 0 amide bonds. The van der Waals surface area contributed by atoms with Gasteiger partial charge in [0.1, 0.15) is 17.3 Å². The van der Waals surface area contributed by atoms with Gasteiger partial charge >= 0.3 is 5.97 Å². The van der Waals surface area contributed by atoms with Crippen molar-refractivity contribution in [2.75, 3.05) is 5.32 Å². The Balaban J connectivity index is 2.60. The van der Waals surface area contributed by atoms with E-state index >= 15 is 0 Å². The summed E-state index contributed by atoms with van der Waals surface area (Å²) in [6.45, 7) is 7.19. The van der Waals surface area contributed by atoms with Crippen molar-refractivity contribution in [3.05, 3.63) is 29.2 Å². The van der Waals surface area contributed by atoms with Crippen LogP contribution in [-0.2, 0) is 9.53 Å². The predicted octanol–water partition coefficient (Wildman–Crippen LogP) is 3.23. The van der Waals surface area contributed by atoms with Gasteiger partial charge in [-0.15, -0.1) is 4.91 Å². The Labute approximate surface area is 107 Å². The van der Waals surface area contributed by atoms with E-state index in [2.05, 4.69) is 10.5 Å². The number of nitrogens with zero attached hydrogens (tertiary/aromatic N) is 1. The highest BCUT2D eigenvalue weighted by Gasteiger charge is 2.21. The first-order valence-electron chi connectivity index (χ1n) is 5.74. The molecule has 1 rings (SSSR count). The molecule has 98 valence electrons. The minimum Gasteiger partial charge on any atom is -0.458 e. The summed E-state index contributed by atoms with van der Waals surface area (Å²) in [5.74, 6) is -0.319. The molecule has 18 heavy (non-hydrogen) atoms. The van der Waals surface area contributed by atoms with E-state index in [1.807, 2.05) is 20.8 Å². The molecule has 0 aromatic heterocycles. The lowest BCUT2D eigenvalue weighted by Gasteiger charge is -2.23. The van der Waals surface area contributed by atoms with Crippen LogP contribution in [0.2, 0.25) is 0 Å². The van der Waals surface area contributed by atoms with E-state index < -0.39 is 11.6 Å². The highest BCUT2D eigenvalue weighted by molar-refractivity contribution is 5.79. The van der Waals surface area contributed by atoms with Crippen LogP contribution < -0.4 is 5.32 Å². The third-order valence-electron chi connectivity index (χ3n) is 2.12. The van der Waals surface area contributed by atoms with Gasteiger partial charge in [0.2, 0.25) is 0 Å². The lowest BCUT2D eigenvalue weighted by molar-refractivity contribution is -0.155. The number of nitroso groups, excluding NO2 is 1. The molecule has 5 heteroatoms. The van der Waals surface area contributed by atoms with Gasteiger partial charge in [0, 0.05) is 5.69 Å². The molecule has 5 nitrogen and oxygen atoms in total. The first kappa shape index (κ1) is 14.2. The van der Waals surface area contributed by atoms with Crippen molar-refractivity contribution < 1.29 is 9.53 Å². The van der Waals surface area contributed by atoms with Gasteiger partial charge in [0.25, 0.3) is 0 Å². The Bertz CT molecular complexity index is 421. The zero-order chi connectivity index (χ0) is 13.8. The number of ether oxygens (including phenoxy) is 1. The molecule has 1 N–H and O–H groups in total. The number of carbonyl (C=O) groups is 1. The Hall–Kier alpha value is -1.91. The van der Waals surface area contributed by atoms with Crippen molar-refractivity contribution in [2.45, 2.75) is 39.3 Å². The average molecular weight is 250 g/mol. The average Bonchev–Trinajstić information content (AvgIpc) is 2.27. The maximum Gasteiger partial charge on any atom is 0.328 e. The number of benzene rings is 1. The lowest BCUT2D eigenvalue weighted by atomic mass is 10.2. The molecule has 0 aliphatic carbocycles. The summed E-state index contributed by atoms with van der Waals surface area (Å²) in [5, 5.41) is 5.80. The fraction of sp³-hybridized carbons (Fsp3) is 0.462. The fourth-order valence-electron chi connectivity index (χ4n) is 1.32. The van der Waals surface area contributed by atoms with Crippen LogP contribution in [0.5, 0.6) is 0 Å². The number of hydrogen-bond donors (Lipinski definition) is 1. The van der Waals surface area contributed by atoms with Crippen molar-refractivity contribution in [3.8, 4) is 0 Å². The van der Waals surface area contributed by atoms with Crippen LogP contribution in [0.4, 0.5) is 11.4 Å². The monoisotopic (exact) mass is 250 g/mol. The van der Waals surface area contributed by atoms with Gasteiger partial charge in [-0.2, -0.15) is 0 Å². The standard InChI is InChI=1S/C13H18N2O3/c1-9(12(16)18-13(2,3)4)14-10-5-7-11(15-17)8-6-10/h5-9,14H,1-4H3. The summed E-state index contributed by atoms with van der Waals surface area (Å²) in [4.78, 5) is 22.0. The largest absolute Gasteiger partial charge is 0.458 e. The van der Waals surface area contributed by atoms with Gasteiger partial charge in [-0.3, -0.25) is 0 Å². The van der Waals surface area contributed by atoms with Crippen LogP contribution in [0.3, 0.4) is 0 Å². The topological polar surface area (TPSA) is 67.8 Å². The molecule has 1 unspecified atom stereocenters. The Morgan fingerprint density at radius 1 is 1.28 bits per heavy atom. The Morgan fingerprint density at radius 2 is 1.83 bits per heavy atom. The van der Waals surface area contributed by atoms with Gasteiger partial charge in [-0.1, -0.05) is 0 Å². The van der Waals surface area contributed by atoms with Gasteiger partial charge in [0.05, 0.1) is 0 Å². The second-order valence-corrected chi connectivity index (χ2v) is 5.04. The van der Waals surface area contributed by atoms with E-state index in [0.29, 0.717) is 5.69 Å². The molecule has 0 saturated heterocycles. The third-order valence-corrected chi connectivity index (χ3v) is 2.12. The summed E-state index contributed by atoms with van der Waals surface area (Å²) in [6, 6.07) is 6.09. The van der Waals surface area contributed by atoms with Crippen molar-refractivity contribution in [1.29, 1.82) is 0 Å². The van der Waals surface area contributed by atoms with E-state index in [-0.39, 0.29) is 5.97 Å². The third kappa shape index (κ3) is 4.53. The van der Waals surface area contributed by atoms with Crippen LogP contribution in [0, 0.1) is 4.91 Å². The quantitative estimate of drug-likeness (QED) is 0.658. The molecule has 0 bridgehead atoms. The summed E-state index contributed by atoms with van der Waals surface area (Å²) < 4.78 is 5.25. The molecule has 1 atom stereocenters. The van der Waals surface area contributed by atoms with Gasteiger partial charge in [-0.25, -0.2) is 4.79 Å². The highest BCUT2D eigenvalue weighted by atomic mass is 16.6. The molecular weight excluding hydrogens is 232 g/mol. The molecule has 0 spiro atoms. The van der Waals surface area contributed by atoms with Crippen LogP contribution >= 0.6 is 0 Å². The first-order chi connectivity index (χ1) is 8.31. The molecule has 1 aromatic rings. The molecule has 0 aliphatic rings. The molecule has 1 aromatic carbocycles. The van der Waals surface area contributed by atoms with Gasteiger partial charge < -0.3 is 10.1 Å². The van der Waals surface area contributed by atoms with Crippen molar-refractivity contribution in [1.82, 2.24) is 0 Å². The number of anilines is 1. The van der Waals surface area contributed by atoms with E-state index in [9.17, 15) is 9.70 Å². The van der Waals surface area contributed by atoms with E-state index in [0.717, 1.165) is 5.69 Å². The second kappa shape index (κ2) is 5.62. The summed E-state index contributed by atoms with van der Waals surface area (Å²) >= 11 is 0. The smallest absolute Gasteiger partial charge is 0.328 e. The zero-order valence-electron chi connectivity index (χ0n) is 11.1. The van der Waals surface area contributed by atoms with E-state index in [1.54, 1.807) is 31.2 Å². The zero-order valence-corrected chi connectivity index (χ0v) is 11.1. The fourth-order valence-corrected chi connectivity index (χ4v) is 1.32. The Kier molecular flexibility index (Phi) is 4.42. The SMILES string of the molecule is CC(Nc1ccc(N=O)cc1)C(=O)OC(C)(C)C. The lowest BCUT2D eigenvalue weighted by Crippen LogP contribution is -2.34. The Morgan fingerprint density at radius 3 is 2.28 bits per heavy atom. The molecule has 0 radical (unpaired) electrons. The van der Waals surface area contributed by atoms with Gasteiger partial charge in [-0.05, 0) is 57.1 Å². The molecule has 0 fully saturated rings. The normalized spacial score (nSPS) is 12.7. The van der Waals surface area contributed by atoms with Crippen molar-refractivity contribution >= 4 is 17.3 Å². The number of hydrogen-bond acceptors (Lipinski definition) is 5. The summed E-state index contributed by atoms with van der Waals surface area (Å²) in [6.07, 6.45) is 0. The predicted molar refractivity (Wildman–Crippen MR) is 70.8 cm³/mol. The van der Waals surface area contributed by atoms with Crippen molar-refractivity contribution in [2.24, 2.45) is 5.18 Å². The molecule has 0 heterocycles. The van der Waals surface area contributed by atoms with Gasteiger partial charge in [0.15, 0.2) is 0 Å². The summed E-state index contributed by atoms with van der Waals surface area (Å²) in [5.41, 5.74) is 0.587. The number of carbonyl (C=O) groups excluding carboxylic acids is 1. The second-order valence-electron chi connectivity index (χ2n) is 5.04. The van der Waals surface area contributed by atoms with Crippen LogP contribution in [0.15, 0.2) is 29.4 Å². The molecule has 0 aliphatic heterocycles. The molecule has 0 saturated carbocycles. The van der Waals surface area contributed by atoms with Crippen molar-refractivity contribution in [3.63, 3.8) is 0 Å². The minimum atomic E-state index is -0.502. The maximum absolute atomic E-state index is 11.7. The van der Waals surface area contributed by atoms with Crippen LogP contribution in [0.25, 0.3) is 0 Å². The van der Waals surface area contributed by atoms with E-state index in [1.165, 1.54) is 0 Å².